The van der Waals surface area contributed by atoms with Crippen molar-refractivity contribution in [2.45, 2.75) is 6.42 Å². The van der Waals surface area contributed by atoms with Crippen molar-refractivity contribution >= 4 is 5.97 Å². The molecule has 6 nitrogen and oxygen atoms in total. The Hall–Kier alpha value is -2.51. The van der Waals surface area contributed by atoms with Crippen LogP contribution >= 0.6 is 0 Å². The summed E-state index contributed by atoms with van der Waals surface area (Å²) >= 11 is 0. The van der Waals surface area contributed by atoms with Crippen LogP contribution in [0.2, 0.25) is 0 Å². The lowest BCUT2D eigenvalue weighted by atomic mass is 10.1. The smallest absolute Gasteiger partial charge is 0.337 e. The molecule has 0 aliphatic carbocycles. The van der Waals surface area contributed by atoms with Gasteiger partial charge in [0.25, 0.3) is 0 Å². The van der Waals surface area contributed by atoms with E-state index in [2.05, 4.69) is 26.9 Å². The SMILES string of the molecule is [N-]=[N+]=NCCC#Cc1cnccc1C(=O)O. The van der Waals surface area contributed by atoms with Crippen LogP contribution in [0.3, 0.4) is 0 Å². The monoisotopic (exact) mass is 216 g/mol. The molecular weight excluding hydrogens is 208 g/mol. The average molecular weight is 216 g/mol. The summed E-state index contributed by atoms with van der Waals surface area (Å²) in [6, 6.07) is 1.39. The van der Waals surface area contributed by atoms with Crippen molar-refractivity contribution in [2.75, 3.05) is 6.54 Å². The fraction of sp³-hybridized carbons (Fsp3) is 0.200. The van der Waals surface area contributed by atoms with Crippen molar-refractivity contribution in [3.63, 3.8) is 0 Å². The summed E-state index contributed by atoms with van der Waals surface area (Å²) in [5, 5.41) is 12.2. The van der Waals surface area contributed by atoms with E-state index in [1.54, 1.807) is 0 Å². The fourth-order valence-corrected chi connectivity index (χ4v) is 0.989. The molecule has 16 heavy (non-hydrogen) atoms. The van der Waals surface area contributed by atoms with Gasteiger partial charge in [0.15, 0.2) is 0 Å². The highest BCUT2D eigenvalue weighted by atomic mass is 16.4. The number of carboxylic acids is 1. The maximum absolute atomic E-state index is 10.8. The number of nitrogens with zero attached hydrogens (tertiary/aromatic N) is 4. The number of hydrogen-bond acceptors (Lipinski definition) is 3. The van der Waals surface area contributed by atoms with Crippen LogP contribution in [-0.4, -0.2) is 22.6 Å². The first-order valence-electron chi connectivity index (χ1n) is 4.42. The van der Waals surface area contributed by atoms with Gasteiger partial charge in [-0.3, -0.25) is 4.98 Å². The van der Waals surface area contributed by atoms with Crippen molar-refractivity contribution in [3.05, 3.63) is 40.0 Å². The minimum Gasteiger partial charge on any atom is -0.478 e. The maximum atomic E-state index is 10.8. The topological polar surface area (TPSA) is 99.0 Å². The van der Waals surface area contributed by atoms with E-state index in [1.807, 2.05) is 0 Å². The molecule has 0 radical (unpaired) electrons. The lowest BCUT2D eigenvalue weighted by Gasteiger charge is -1.95. The molecule has 0 spiro atoms. The van der Waals surface area contributed by atoms with E-state index in [1.165, 1.54) is 18.5 Å². The van der Waals surface area contributed by atoms with Crippen LogP contribution < -0.4 is 0 Å². The Kier molecular flexibility index (Phi) is 4.38. The predicted molar refractivity (Wildman–Crippen MR) is 56.7 cm³/mol. The van der Waals surface area contributed by atoms with Crippen molar-refractivity contribution in [2.24, 2.45) is 5.11 Å². The standard InChI is InChI=1S/C10H8N4O2/c11-14-13-5-2-1-3-8-7-12-6-4-9(8)10(15)16/h4,6-7H,2,5H2,(H,15,16). The second-order valence-electron chi connectivity index (χ2n) is 2.73. The Morgan fingerprint density at radius 1 is 1.69 bits per heavy atom. The summed E-state index contributed by atoms with van der Waals surface area (Å²) in [6.07, 6.45) is 3.18. The van der Waals surface area contributed by atoms with Gasteiger partial charge in [-0.15, -0.1) is 0 Å². The highest BCUT2D eigenvalue weighted by Gasteiger charge is 2.06. The Morgan fingerprint density at radius 2 is 2.50 bits per heavy atom. The molecular formula is C10H8N4O2. The van der Waals surface area contributed by atoms with Gasteiger partial charge in [0, 0.05) is 30.3 Å². The van der Waals surface area contributed by atoms with E-state index >= 15 is 0 Å². The zero-order valence-corrected chi connectivity index (χ0v) is 8.29. The van der Waals surface area contributed by atoms with Gasteiger partial charge in [-0.25, -0.2) is 4.79 Å². The van der Waals surface area contributed by atoms with E-state index in [4.69, 9.17) is 10.6 Å². The molecule has 1 heterocycles. The van der Waals surface area contributed by atoms with E-state index in [9.17, 15) is 4.79 Å². The lowest BCUT2D eigenvalue weighted by molar-refractivity contribution is 0.0696. The van der Waals surface area contributed by atoms with Crippen molar-refractivity contribution in [1.82, 2.24) is 4.98 Å². The molecule has 0 saturated heterocycles. The van der Waals surface area contributed by atoms with Gasteiger partial charge in [-0.05, 0) is 11.6 Å². The van der Waals surface area contributed by atoms with Gasteiger partial charge in [0.05, 0.1) is 11.1 Å². The highest BCUT2D eigenvalue weighted by Crippen LogP contribution is 2.04. The zero-order chi connectivity index (χ0) is 11.8. The summed E-state index contributed by atoms with van der Waals surface area (Å²) in [5.41, 5.74) is 8.50. The predicted octanol–water partition coefficient (Wildman–Crippen LogP) is 1.83. The largest absolute Gasteiger partial charge is 0.478 e. The first-order valence-corrected chi connectivity index (χ1v) is 4.42. The number of pyridine rings is 1. The van der Waals surface area contributed by atoms with E-state index < -0.39 is 5.97 Å². The minimum absolute atomic E-state index is 0.117. The van der Waals surface area contributed by atoms with Gasteiger partial charge in [0.1, 0.15) is 0 Å². The fourth-order valence-electron chi connectivity index (χ4n) is 0.989. The number of azide groups is 1. The van der Waals surface area contributed by atoms with Crippen LogP contribution in [0.4, 0.5) is 0 Å². The van der Waals surface area contributed by atoms with Gasteiger partial charge in [0.2, 0.25) is 0 Å². The molecule has 0 saturated carbocycles. The van der Waals surface area contributed by atoms with Crippen molar-refractivity contribution < 1.29 is 9.90 Å². The zero-order valence-electron chi connectivity index (χ0n) is 8.29. The Bertz CT molecular complexity index is 495. The summed E-state index contributed by atoms with van der Waals surface area (Å²) in [6.45, 7) is 0.270. The second-order valence-corrected chi connectivity index (χ2v) is 2.73. The summed E-state index contributed by atoms with van der Waals surface area (Å²) < 4.78 is 0. The normalized spacial score (nSPS) is 8.50. The third kappa shape index (κ3) is 3.33. The Balaban J connectivity index is 2.80. The van der Waals surface area contributed by atoms with Crippen LogP contribution in [0.5, 0.6) is 0 Å². The number of carboxylic acid groups (broad SMARTS) is 1. The molecule has 0 amide bonds. The number of aromatic nitrogens is 1. The maximum Gasteiger partial charge on any atom is 0.337 e. The van der Waals surface area contributed by atoms with Crippen LogP contribution in [0.15, 0.2) is 23.6 Å². The van der Waals surface area contributed by atoms with Gasteiger partial charge in [-0.1, -0.05) is 17.0 Å². The lowest BCUT2D eigenvalue weighted by Crippen LogP contribution is -2.00. The Labute approximate surface area is 91.6 Å². The number of aromatic carboxylic acids is 1. The van der Waals surface area contributed by atoms with E-state index in [0.717, 1.165) is 0 Å². The molecule has 0 unspecified atom stereocenters. The van der Waals surface area contributed by atoms with Crippen LogP contribution in [0.1, 0.15) is 22.3 Å². The molecule has 0 aliphatic heterocycles. The molecule has 1 aromatic rings. The number of hydrogen-bond donors (Lipinski definition) is 1. The quantitative estimate of drug-likeness (QED) is 0.274. The van der Waals surface area contributed by atoms with Crippen LogP contribution in [0, 0.1) is 11.8 Å². The minimum atomic E-state index is -1.04. The van der Waals surface area contributed by atoms with Gasteiger partial charge in [-0.2, -0.15) is 0 Å². The average Bonchev–Trinajstić information content (AvgIpc) is 2.29. The molecule has 0 fully saturated rings. The molecule has 1 N–H and O–H groups in total. The third-order valence-corrected chi connectivity index (χ3v) is 1.67. The summed E-state index contributed by atoms with van der Waals surface area (Å²) in [7, 11) is 0. The molecule has 80 valence electrons. The molecule has 1 aromatic heterocycles. The Morgan fingerprint density at radius 3 is 3.19 bits per heavy atom. The first kappa shape index (κ1) is 11.6. The first-order chi connectivity index (χ1) is 7.75. The summed E-state index contributed by atoms with van der Waals surface area (Å²) in [5.74, 6) is 4.35. The highest BCUT2D eigenvalue weighted by molar-refractivity contribution is 5.90. The molecule has 0 atom stereocenters. The molecule has 1 rings (SSSR count). The van der Waals surface area contributed by atoms with Crippen LogP contribution in [-0.2, 0) is 0 Å². The number of rotatable bonds is 3. The molecule has 6 heteroatoms. The molecule has 0 bridgehead atoms. The van der Waals surface area contributed by atoms with Gasteiger partial charge < -0.3 is 5.11 Å². The van der Waals surface area contributed by atoms with E-state index in [0.29, 0.717) is 12.0 Å². The van der Waals surface area contributed by atoms with Gasteiger partial charge >= 0.3 is 5.97 Å². The molecule has 0 aromatic carbocycles. The van der Waals surface area contributed by atoms with Crippen LogP contribution in [0.25, 0.3) is 10.4 Å². The summed E-state index contributed by atoms with van der Waals surface area (Å²) in [4.78, 5) is 17.2. The van der Waals surface area contributed by atoms with Crippen molar-refractivity contribution in [3.8, 4) is 11.8 Å². The third-order valence-electron chi connectivity index (χ3n) is 1.67. The second kappa shape index (κ2) is 6.06. The number of carbonyl (C=O) groups is 1. The molecule has 0 aliphatic rings. The van der Waals surface area contributed by atoms with E-state index in [-0.39, 0.29) is 12.1 Å². The van der Waals surface area contributed by atoms with Crippen molar-refractivity contribution in [1.29, 1.82) is 0 Å².